The van der Waals surface area contributed by atoms with E-state index in [0.717, 1.165) is 5.56 Å². The Hall–Kier alpha value is -1.79. The van der Waals surface area contributed by atoms with Gasteiger partial charge in [0.25, 0.3) is 0 Å². The van der Waals surface area contributed by atoms with Crippen molar-refractivity contribution in [1.82, 2.24) is 0 Å². The molecular weight excluding hydrogens is 544 g/mol. The highest BCUT2D eigenvalue weighted by molar-refractivity contribution is 5.70. The van der Waals surface area contributed by atoms with Gasteiger partial charge in [0, 0.05) is 17.4 Å². The number of aliphatic hydroxyl groups is 3. The molecule has 2 aliphatic rings. The Morgan fingerprint density at radius 1 is 1.00 bits per heavy atom. The summed E-state index contributed by atoms with van der Waals surface area (Å²) in [5.74, 6) is -3.22. The lowest BCUT2D eigenvalue weighted by Crippen LogP contribution is -2.62. The lowest BCUT2D eigenvalue weighted by Gasteiger charge is -2.52. The Bertz CT molecular complexity index is 1040. The van der Waals surface area contributed by atoms with Crippen LogP contribution in [0.5, 0.6) is 5.75 Å². The van der Waals surface area contributed by atoms with Gasteiger partial charge in [-0.25, -0.2) is 0 Å². The summed E-state index contributed by atoms with van der Waals surface area (Å²) in [6.07, 6.45) is -3.89. The Balaban J connectivity index is 1.92. The molecule has 0 bridgehead atoms. The first-order valence-corrected chi connectivity index (χ1v) is 15.0. The van der Waals surface area contributed by atoms with Crippen LogP contribution in [0, 0.1) is 23.7 Å². The average molecular weight is 597 g/mol. The summed E-state index contributed by atoms with van der Waals surface area (Å²) in [5, 5.41) is 43.9. The van der Waals surface area contributed by atoms with E-state index in [4.69, 9.17) is 23.7 Å². The van der Waals surface area contributed by atoms with Crippen molar-refractivity contribution < 1.29 is 48.9 Å². The van der Waals surface area contributed by atoms with Crippen LogP contribution in [-0.2, 0) is 23.7 Å². The molecule has 0 radical (unpaired) electrons. The number of benzene rings is 1. The fourth-order valence-electron chi connectivity index (χ4n) is 6.90. The molecule has 1 aromatic carbocycles. The Morgan fingerprint density at radius 3 is 2.10 bits per heavy atom. The highest BCUT2D eigenvalue weighted by atomic mass is 16.7. The first kappa shape index (κ1) is 34.7. The van der Waals surface area contributed by atoms with Crippen molar-refractivity contribution in [3.8, 4) is 5.75 Å². The maximum atomic E-state index is 11.9. The number of aliphatic carboxylic acids is 1. The van der Waals surface area contributed by atoms with E-state index < -0.39 is 71.6 Å². The smallest absolute Gasteiger partial charge is 0.308 e. The van der Waals surface area contributed by atoms with Gasteiger partial charge in [-0.3, -0.25) is 4.79 Å². The SMILES string of the molecule is CC[C@@H](O)[C@@](C)(O)[C@@H]1OC(c2ccc(OC)cc2)O[C@@H]([C@H](C)C[C@@](C)(O)[C@@H]2OC(C)(C)O[C@H]([C@@H](C)C(=O)O)[C@@H]2C)[C@@H]1C. The fourth-order valence-corrected chi connectivity index (χ4v) is 6.90. The number of rotatable bonds is 11. The summed E-state index contributed by atoms with van der Waals surface area (Å²) in [6.45, 7) is 15.9. The zero-order valence-electron chi connectivity index (χ0n) is 26.7. The average Bonchev–Trinajstić information content (AvgIpc) is 2.92. The lowest BCUT2D eigenvalue weighted by molar-refractivity contribution is -0.353. The Morgan fingerprint density at radius 2 is 1.57 bits per heavy atom. The van der Waals surface area contributed by atoms with Gasteiger partial charge in [-0.1, -0.05) is 39.8 Å². The van der Waals surface area contributed by atoms with E-state index in [0.29, 0.717) is 12.2 Å². The molecule has 3 rings (SSSR count). The minimum absolute atomic E-state index is 0.252. The van der Waals surface area contributed by atoms with Crippen LogP contribution in [0.3, 0.4) is 0 Å². The molecule has 1 unspecified atom stereocenters. The summed E-state index contributed by atoms with van der Waals surface area (Å²) in [4.78, 5) is 11.8. The van der Waals surface area contributed by atoms with E-state index in [1.807, 2.05) is 32.9 Å². The predicted octanol–water partition coefficient (Wildman–Crippen LogP) is 4.29. The number of carboxylic acid groups (broad SMARTS) is 1. The van der Waals surface area contributed by atoms with Crippen LogP contribution in [0.2, 0.25) is 0 Å². The molecule has 2 fully saturated rings. The molecule has 0 saturated carbocycles. The molecule has 12 atom stereocenters. The van der Waals surface area contributed by atoms with Crippen LogP contribution in [0.1, 0.15) is 87.0 Å². The van der Waals surface area contributed by atoms with Gasteiger partial charge in [0.05, 0.1) is 49.1 Å². The zero-order valence-corrected chi connectivity index (χ0v) is 26.7. The third-order valence-corrected chi connectivity index (χ3v) is 9.19. The molecule has 10 heteroatoms. The van der Waals surface area contributed by atoms with Gasteiger partial charge < -0.3 is 44.1 Å². The van der Waals surface area contributed by atoms with Gasteiger partial charge in [0.15, 0.2) is 12.1 Å². The van der Waals surface area contributed by atoms with Crippen LogP contribution in [0.25, 0.3) is 0 Å². The van der Waals surface area contributed by atoms with Crippen molar-refractivity contribution in [2.45, 2.75) is 129 Å². The molecule has 0 aliphatic carbocycles. The Labute approximate surface area is 250 Å². The van der Waals surface area contributed by atoms with Gasteiger partial charge in [-0.2, -0.15) is 0 Å². The number of ether oxygens (including phenoxy) is 5. The first-order chi connectivity index (χ1) is 19.4. The largest absolute Gasteiger partial charge is 0.497 e. The summed E-state index contributed by atoms with van der Waals surface area (Å²) < 4.78 is 30.4. The molecule has 0 aromatic heterocycles. The van der Waals surface area contributed by atoms with Crippen LogP contribution < -0.4 is 4.74 Å². The van der Waals surface area contributed by atoms with Gasteiger partial charge in [0.2, 0.25) is 0 Å². The van der Waals surface area contributed by atoms with Crippen molar-refractivity contribution in [1.29, 1.82) is 0 Å². The molecule has 1 aromatic rings. The summed E-state index contributed by atoms with van der Waals surface area (Å²) in [5.41, 5.74) is -2.22. The first-order valence-electron chi connectivity index (χ1n) is 15.0. The van der Waals surface area contributed by atoms with Crippen LogP contribution in [0.15, 0.2) is 24.3 Å². The molecule has 42 heavy (non-hydrogen) atoms. The molecule has 240 valence electrons. The van der Waals surface area contributed by atoms with Gasteiger partial charge in [0.1, 0.15) is 11.4 Å². The lowest BCUT2D eigenvalue weighted by atomic mass is 9.73. The fraction of sp³-hybridized carbons (Fsp3) is 0.781. The van der Waals surface area contributed by atoms with E-state index in [1.54, 1.807) is 60.8 Å². The molecule has 0 amide bonds. The number of hydrogen-bond acceptors (Lipinski definition) is 9. The highest BCUT2D eigenvalue weighted by Gasteiger charge is 2.54. The number of methoxy groups -OCH3 is 1. The minimum atomic E-state index is -1.56. The molecule has 10 nitrogen and oxygen atoms in total. The number of carbonyl (C=O) groups is 1. The van der Waals surface area contributed by atoms with Crippen LogP contribution in [0.4, 0.5) is 0 Å². The summed E-state index contributed by atoms with van der Waals surface area (Å²) >= 11 is 0. The van der Waals surface area contributed by atoms with Gasteiger partial charge >= 0.3 is 5.97 Å². The van der Waals surface area contributed by atoms with Crippen molar-refractivity contribution in [2.24, 2.45) is 23.7 Å². The van der Waals surface area contributed by atoms with Crippen molar-refractivity contribution >= 4 is 5.97 Å². The topological polar surface area (TPSA) is 144 Å². The predicted molar refractivity (Wildman–Crippen MR) is 156 cm³/mol. The number of hydrogen-bond donors (Lipinski definition) is 4. The standard InChI is InChI=1S/C32H52O10/c1-11-23(33)32(9,37)27-18(3)24(39-29(40-27)21-12-14-22(38-10)15-13-21)17(2)16-31(8,36)26-19(4)25(20(5)28(34)35)41-30(6,7)42-26/h12-15,17-20,23-27,29,33,36-37H,11,16H2,1-10H3,(H,34,35)/t17-,18+,19+,20-,23-,24+,25+,26-,27-,29?,31-,32-/m1/s1. The third-order valence-electron chi connectivity index (χ3n) is 9.19. The molecular formula is C32H52O10. The second kappa shape index (κ2) is 13.1. The summed E-state index contributed by atoms with van der Waals surface area (Å²) in [7, 11) is 1.59. The van der Waals surface area contributed by atoms with Crippen molar-refractivity contribution in [2.75, 3.05) is 7.11 Å². The van der Waals surface area contributed by atoms with E-state index in [1.165, 1.54) is 0 Å². The quantitative estimate of drug-likeness (QED) is 0.292. The second-order valence-corrected chi connectivity index (χ2v) is 13.3. The Kier molecular flexibility index (Phi) is 10.8. The second-order valence-electron chi connectivity index (χ2n) is 13.3. The third kappa shape index (κ3) is 7.29. The molecule has 2 heterocycles. The van der Waals surface area contributed by atoms with Crippen LogP contribution in [-0.4, -0.2) is 81.0 Å². The summed E-state index contributed by atoms with van der Waals surface area (Å²) in [6, 6.07) is 7.28. The molecule has 4 N–H and O–H groups in total. The molecule has 2 saturated heterocycles. The van der Waals surface area contributed by atoms with Gasteiger partial charge in [-0.05, 0) is 65.5 Å². The normalized spacial score (nSPS) is 34.8. The monoisotopic (exact) mass is 596 g/mol. The minimum Gasteiger partial charge on any atom is -0.497 e. The number of aliphatic hydroxyl groups excluding tert-OH is 1. The molecule has 2 aliphatic heterocycles. The number of carboxylic acids is 1. The van der Waals surface area contributed by atoms with Gasteiger partial charge in [-0.15, -0.1) is 0 Å². The van der Waals surface area contributed by atoms with Crippen LogP contribution >= 0.6 is 0 Å². The van der Waals surface area contributed by atoms with E-state index in [9.17, 15) is 25.2 Å². The van der Waals surface area contributed by atoms with Crippen molar-refractivity contribution in [3.05, 3.63) is 29.8 Å². The maximum absolute atomic E-state index is 11.9. The van der Waals surface area contributed by atoms with Crippen molar-refractivity contribution in [3.63, 3.8) is 0 Å². The molecule has 0 spiro atoms. The zero-order chi connectivity index (χ0) is 31.8. The van der Waals surface area contributed by atoms with E-state index >= 15 is 0 Å². The van der Waals surface area contributed by atoms with E-state index in [2.05, 4.69) is 0 Å². The maximum Gasteiger partial charge on any atom is 0.308 e. The highest BCUT2D eigenvalue weighted by Crippen LogP contribution is 2.45. The van der Waals surface area contributed by atoms with E-state index in [-0.39, 0.29) is 18.3 Å².